The van der Waals surface area contributed by atoms with Crippen molar-refractivity contribution in [3.05, 3.63) is 27.8 Å². The van der Waals surface area contributed by atoms with E-state index in [9.17, 15) is 4.79 Å². The van der Waals surface area contributed by atoms with Crippen LogP contribution in [0, 0.1) is 0 Å². The smallest absolute Gasteiger partial charge is 0.229 e. The molecule has 1 amide bonds. The highest BCUT2D eigenvalue weighted by molar-refractivity contribution is 7.09. The van der Waals surface area contributed by atoms with Gasteiger partial charge in [0.05, 0.1) is 23.2 Å². The van der Waals surface area contributed by atoms with Crippen molar-refractivity contribution >= 4 is 17.2 Å². The number of hydrogen-bond acceptors (Lipinski definition) is 6. The lowest BCUT2D eigenvalue weighted by molar-refractivity contribution is -0.131. The summed E-state index contributed by atoms with van der Waals surface area (Å²) in [5.41, 5.74) is 0.870. The van der Waals surface area contributed by atoms with Crippen LogP contribution in [-0.2, 0) is 17.6 Å². The lowest BCUT2D eigenvalue weighted by Gasteiger charge is -2.21. The van der Waals surface area contributed by atoms with Crippen molar-refractivity contribution in [2.45, 2.75) is 57.4 Å². The van der Waals surface area contributed by atoms with Crippen molar-refractivity contribution < 1.29 is 9.32 Å². The molecular weight excluding hydrogens is 312 g/mol. The number of hydrogen-bond donors (Lipinski definition) is 0. The maximum Gasteiger partial charge on any atom is 0.229 e. The molecule has 1 aliphatic carbocycles. The van der Waals surface area contributed by atoms with Crippen LogP contribution >= 0.6 is 11.3 Å². The molecule has 0 spiro atoms. The summed E-state index contributed by atoms with van der Waals surface area (Å²) in [5, 5.41) is 7.19. The number of aryl methyl sites for hydroxylation is 1. The minimum absolute atomic E-state index is 0.0389. The van der Waals surface area contributed by atoms with E-state index in [4.69, 9.17) is 4.52 Å². The van der Waals surface area contributed by atoms with Gasteiger partial charge in [-0.2, -0.15) is 4.98 Å². The Labute approximate surface area is 138 Å². The molecule has 0 unspecified atom stereocenters. The second-order valence-corrected chi connectivity index (χ2v) is 7.22. The van der Waals surface area contributed by atoms with E-state index in [1.807, 2.05) is 10.3 Å². The van der Waals surface area contributed by atoms with E-state index in [0.29, 0.717) is 18.2 Å². The van der Waals surface area contributed by atoms with Crippen molar-refractivity contribution in [2.24, 2.45) is 0 Å². The molecule has 0 bridgehead atoms. The van der Waals surface area contributed by atoms with Gasteiger partial charge in [-0.15, -0.1) is 11.3 Å². The van der Waals surface area contributed by atoms with E-state index in [1.165, 1.54) is 0 Å². The lowest BCUT2D eigenvalue weighted by Crippen LogP contribution is -2.32. The van der Waals surface area contributed by atoms with Crippen LogP contribution in [0.1, 0.15) is 67.0 Å². The van der Waals surface area contributed by atoms with Crippen molar-refractivity contribution in [3.8, 4) is 0 Å². The number of aromatic nitrogens is 3. The number of likely N-dealkylation sites (tertiary alicyclic amines) is 1. The summed E-state index contributed by atoms with van der Waals surface area (Å²) in [6.45, 7) is 2.84. The summed E-state index contributed by atoms with van der Waals surface area (Å²) in [4.78, 5) is 23.6. The van der Waals surface area contributed by atoms with Crippen LogP contribution < -0.4 is 0 Å². The topological polar surface area (TPSA) is 72.1 Å². The molecule has 0 aromatic carbocycles. The molecule has 1 aliphatic heterocycles. The predicted molar refractivity (Wildman–Crippen MR) is 85.2 cm³/mol. The normalized spacial score (nSPS) is 21.1. The van der Waals surface area contributed by atoms with Gasteiger partial charge < -0.3 is 9.42 Å². The molecule has 7 heteroatoms. The van der Waals surface area contributed by atoms with Gasteiger partial charge >= 0.3 is 0 Å². The Hall–Kier alpha value is -1.76. The highest BCUT2D eigenvalue weighted by Crippen LogP contribution is 2.40. The molecule has 0 radical (unpaired) electrons. The minimum atomic E-state index is -0.0389. The van der Waals surface area contributed by atoms with Gasteiger partial charge in [-0.05, 0) is 32.1 Å². The van der Waals surface area contributed by atoms with Crippen molar-refractivity contribution in [3.63, 3.8) is 0 Å². The summed E-state index contributed by atoms with van der Waals surface area (Å²) < 4.78 is 5.36. The third-order valence-electron chi connectivity index (χ3n) is 4.49. The Morgan fingerprint density at radius 3 is 3.00 bits per heavy atom. The molecule has 122 valence electrons. The van der Waals surface area contributed by atoms with Gasteiger partial charge in [0.2, 0.25) is 11.8 Å². The third kappa shape index (κ3) is 3.02. The number of thiazole rings is 1. The monoisotopic (exact) mass is 332 g/mol. The Balaban J connectivity index is 1.46. The fourth-order valence-corrected chi connectivity index (χ4v) is 3.81. The summed E-state index contributed by atoms with van der Waals surface area (Å²) >= 11 is 1.62. The van der Waals surface area contributed by atoms with Gasteiger partial charge in [-0.1, -0.05) is 12.1 Å². The van der Waals surface area contributed by atoms with Crippen LogP contribution in [0.2, 0.25) is 0 Å². The Bertz CT molecular complexity index is 707. The molecule has 4 rings (SSSR count). The first-order chi connectivity index (χ1) is 11.2. The van der Waals surface area contributed by atoms with E-state index in [0.717, 1.165) is 55.2 Å². The molecule has 2 aliphatic rings. The van der Waals surface area contributed by atoms with Crippen LogP contribution in [0.15, 0.2) is 9.90 Å². The largest absolute Gasteiger partial charge is 0.339 e. The number of rotatable bonds is 5. The van der Waals surface area contributed by atoms with Gasteiger partial charge in [0.25, 0.3) is 0 Å². The van der Waals surface area contributed by atoms with E-state index >= 15 is 0 Å². The van der Waals surface area contributed by atoms with Crippen LogP contribution in [0.25, 0.3) is 0 Å². The van der Waals surface area contributed by atoms with E-state index in [-0.39, 0.29) is 11.9 Å². The number of nitrogens with zero attached hydrogens (tertiary/aromatic N) is 4. The average molecular weight is 332 g/mol. The highest BCUT2D eigenvalue weighted by atomic mass is 32.1. The van der Waals surface area contributed by atoms with Gasteiger partial charge in [0, 0.05) is 17.8 Å². The standard InChI is InChI=1S/C16H20N4O2S/c1-2-13-17-11(9-23-13)8-14(21)20-7-3-4-12(20)15-18-16(22-19-15)10-5-6-10/h9-10,12H,2-8H2,1H3/t12-/m0/s1. The van der Waals surface area contributed by atoms with Gasteiger partial charge in [-0.25, -0.2) is 4.98 Å². The van der Waals surface area contributed by atoms with Crippen LogP contribution in [0.5, 0.6) is 0 Å². The zero-order valence-electron chi connectivity index (χ0n) is 13.2. The molecule has 1 saturated carbocycles. The Morgan fingerprint density at radius 1 is 1.39 bits per heavy atom. The van der Waals surface area contributed by atoms with E-state index in [2.05, 4.69) is 22.0 Å². The molecule has 3 heterocycles. The van der Waals surface area contributed by atoms with Crippen LogP contribution in [-0.4, -0.2) is 32.5 Å². The number of amides is 1. The quantitative estimate of drug-likeness (QED) is 0.842. The van der Waals surface area contributed by atoms with Crippen LogP contribution in [0.3, 0.4) is 0 Å². The summed E-state index contributed by atoms with van der Waals surface area (Å²) in [5.74, 6) is 1.97. The van der Waals surface area contributed by atoms with Gasteiger partial charge in [-0.3, -0.25) is 4.79 Å². The molecule has 2 fully saturated rings. The second-order valence-electron chi connectivity index (χ2n) is 6.27. The molecule has 1 atom stereocenters. The zero-order valence-corrected chi connectivity index (χ0v) is 14.0. The third-order valence-corrected chi connectivity index (χ3v) is 5.53. The Morgan fingerprint density at radius 2 is 2.26 bits per heavy atom. The van der Waals surface area contributed by atoms with E-state index in [1.54, 1.807) is 11.3 Å². The fraction of sp³-hybridized carbons (Fsp3) is 0.625. The fourth-order valence-electron chi connectivity index (χ4n) is 3.06. The first kappa shape index (κ1) is 14.8. The molecular formula is C16H20N4O2S. The molecule has 1 saturated heterocycles. The molecule has 2 aromatic heterocycles. The molecule has 0 N–H and O–H groups in total. The maximum absolute atomic E-state index is 12.7. The maximum atomic E-state index is 12.7. The zero-order chi connectivity index (χ0) is 15.8. The number of carbonyl (C=O) groups excluding carboxylic acids is 1. The summed E-state index contributed by atoms with van der Waals surface area (Å²) in [6, 6.07) is -0.0389. The van der Waals surface area contributed by atoms with Gasteiger partial charge in [0.1, 0.15) is 0 Å². The highest BCUT2D eigenvalue weighted by Gasteiger charge is 2.36. The predicted octanol–water partition coefficient (Wildman–Crippen LogP) is 2.87. The summed E-state index contributed by atoms with van der Waals surface area (Å²) in [7, 11) is 0. The lowest BCUT2D eigenvalue weighted by atomic mass is 10.2. The molecule has 23 heavy (non-hydrogen) atoms. The van der Waals surface area contributed by atoms with Crippen molar-refractivity contribution in [1.29, 1.82) is 0 Å². The minimum Gasteiger partial charge on any atom is -0.339 e. The average Bonchev–Trinajstić information content (AvgIpc) is 2.98. The van der Waals surface area contributed by atoms with Crippen LogP contribution in [0.4, 0.5) is 0 Å². The SMILES string of the molecule is CCc1nc(CC(=O)N2CCC[C@H]2c2noc(C3CC3)n2)cs1. The van der Waals surface area contributed by atoms with Crippen molar-refractivity contribution in [1.82, 2.24) is 20.0 Å². The molecule has 6 nitrogen and oxygen atoms in total. The second kappa shape index (κ2) is 6.03. The van der Waals surface area contributed by atoms with E-state index < -0.39 is 0 Å². The first-order valence-electron chi connectivity index (χ1n) is 8.31. The first-order valence-corrected chi connectivity index (χ1v) is 9.18. The van der Waals surface area contributed by atoms with Gasteiger partial charge in [0.15, 0.2) is 5.82 Å². The Kier molecular flexibility index (Phi) is 3.88. The number of carbonyl (C=O) groups is 1. The van der Waals surface area contributed by atoms with Crippen molar-refractivity contribution in [2.75, 3.05) is 6.54 Å². The molecule has 2 aromatic rings. The summed E-state index contributed by atoms with van der Waals surface area (Å²) in [6.07, 6.45) is 5.45.